The molecule has 1 aliphatic carbocycles. The van der Waals surface area contributed by atoms with Crippen molar-refractivity contribution in [3.05, 3.63) is 48.0 Å². The minimum atomic E-state index is -0.235. The molecule has 0 bridgehead atoms. The van der Waals surface area contributed by atoms with Crippen molar-refractivity contribution in [2.45, 2.75) is 52.1 Å². The predicted octanol–water partition coefficient (Wildman–Crippen LogP) is 5.85. The second-order valence-electron chi connectivity index (χ2n) is 8.84. The van der Waals surface area contributed by atoms with Crippen LogP contribution in [-0.2, 0) is 4.74 Å². The summed E-state index contributed by atoms with van der Waals surface area (Å²) in [5, 5.41) is 16.7. The second kappa shape index (κ2) is 10.6. The molecule has 1 aromatic heterocycles. The fourth-order valence-electron chi connectivity index (χ4n) is 4.30. The highest BCUT2D eigenvalue weighted by Gasteiger charge is 2.28. The van der Waals surface area contributed by atoms with E-state index in [1.807, 2.05) is 63.2 Å². The van der Waals surface area contributed by atoms with Gasteiger partial charge >= 0.3 is 6.03 Å². The molecule has 0 radical (unpaired) electrons. The summed E-state index contributed by atoms with van der Waals surface area (Å²) in [5.74, 6) is 0.775. The lowest BCUT2D eigenvalue weighted by molar-refractivity contribution is 0.110. The quantitative estimate of drug-likeness (QED) is 0.392. The van der Waals surface area contributed by atoms with Crippen LogP contribution in [0.15, 0.2) is 42.5 Å². The van der Waals surface area contributed by atoms with Gasteiger partial charge in [-0.3, -0.25) is 0 Å². The topological polar surface area (TPSA) is 88.3 Å². The average molecular weight is 461 g/mol. The standard InChI is InChI=1S/C27H32N4O3/c1-4-33-14-15-34-22-12-13-23-24(17-28)26(31(25(23)16-22)21-6-5-7-21)19-8-10-20(11-9-19)30-27(32)29-18(2)3/h8-13,16,18,21H,4-7,14-15H2,1-3H3,(H2,29,30,32). The van der Waals surface area contributed by atoms with Crippen LogP contribution in [-0.4, -0.2) is 36.5 Å². The molecule has 4 rings (SSSR count). The number of nitriles is 1. The summed E-state index contributed by atoms with van der Waals surface area (Å²) in [6.45, 7) is 7.49. The first-order valence-corrected chi connectivity index (χ1v) is 12.0. The molecule has 1 aliphatic rings. The number of rotatable bonds is 9. The average Bonchev–Trinajstić information content (AvgIpc) is 3.09. The Labute approximate surface area is 200 Å². The highest BCUT2D eigenvalue weighted by Crippen LogP contribution is 2.43. The minimum absolute atomic E-state index is 0.0590. The Morgan fingerprint density at radius 2 is 1.94 bits per heavy atom. The number of carbonyl (C=O) groups excluding carboxylic acids is 1. The van der Waals surface area contributed by atoms with Crippen LogP contribution in [0.5, 0.6) is 5.75 Å². The molecule has 0 saturated heterocycles. The van der Waals surface area contributed by atoms with Crippen LogP contribution in [0.1, 0.15) is 51.6 Å². The molecule has 7 heteroatoms. The molecule has 0 aliphatic heterocycles. The van der Waals surface area contributed by atoms with E-state index in [1.165, 1.54) is 6.42 Å². The van der Waals surface area contributed by atoms with Gasteiger partial charge in [0.2, 0.25) is 0 Å². The highest BCUT2D eigenvalue weighted by molar-refractivity contribution is 5.96. The number of ether oxygens (including phenoxy) is 2. The Morgan fingerprint density at radius 1 is 1.18 bits per heavy atom. The fourth-order valence-corrected chi connectivity index (χ4v) is 4.30. The number of nitrogens with one attached hydrogen (secondary N) is 2. The van der Waals surface area contributed by atoms with Crippen molar-refractivity contribution in [3.8, 4) is 23.1 Å². The van der Waals surface area contributed by atoms with Crippen LogP contribution in [0.4, 0.5) is 10.5 Å². The predicted molar refractivity (Wildman–Crippen MR) is 134 cm³/mol. The molecule has 0 spiro atoms. The maximum absolute atomic E-state index is 12.0. The molecule has 1 heterocycles. The zero-order valence-electron chi connectivity index (χ0n) is 20.1. The summed E-state index contributed by atoms with van der Waals surface area (Å²) in [7, 11) is 0. The van der Waals surface area contributed by atoms with E-state index < -0.39 is 0 Å². The molecule has 1 saturated carbocycles. The van der Waals surface area contributed by atoms with Crippen LogP contribution in [0, 0.1) is 11.3 Å². The van der Waals surface area contributed by atoms with Gasteiger partial charge in [0, 0.05) is 35.8 Å². The number of fused-ring (bicyclic) bond motifs is 1. The van der Waals surface area contributed by atoms with Gasteiger partial charge in [0.25, 0.3) is 0 Å². The van der Waals surface area contributed by atoms with Crippen molar-refractivity contribution in [1.29, 1.82) is 5.26 Å². The molecule has 2 amide bonds. The zero-order valence-corrected chi connectivity index (χ0v) is 20.1. The third-order valence-electron chi connectivity index (χ3n) is 6.06. The first-order valence-electron chi connectivity index (χ1n) is 12.0. The van der Waals surface area contributed by atoms with Crippen molar-refractivity contribution in [3.63, 3.8) is 0 Å². The van der Waals surface area contributed by atoms with E-state index in [9.17, 15) is 10.1 Å². The summed E-state index contributed by atoms with van der Waals surface area (Å²) >= 11 is 0. The van der Waals surface area contributed by atoms with Crippen molar-refractivity contribution >= 4 is 22.6 Å². The molecule has 3 aromatic rings. The number of benzene rings is 2. The van der Waals surface area contributed by atoms with Crippen molar-refractivity contribution in [2.24, 2.45) is 0 Å². The number of aromatic nitrogens is 1. The summed E-state index contributed by atoms with van der Waals surface area (Å²) in [6, 6.07) is 16.3. The van der Waals surface area contributed by atoms with Crippen LogP contribution in [0.2, 0.25) is 0 Å². The molecular weight excluding hydrogens is 428 g/mol. The Kier molecular flexibility index (Phi) is 7.39. The monoisotopic (exact) mass is 460 g/mol. The molecule has 1 fully saturated rings. The Balaban J connectivity index is 1.70. The normalized spacial score (nSPS) is 13.5. The summed E-state index contributed by atoms with van der Waals surface area (Å²) in [4.78, 5) is 12.0. The summed E-state index contributed by atoms with van der Waals surface area (Å²) in [6.07, 6.45) is 3.36. The lowest BCUT2D eigenvalue weighted by Crippen LogP contribution is -2.34. The Bertz CT molecular complexity index is 1190. The Hall–Kier alpha value is -3.50. The number of hydrogen-bond acceptors (Lipinski definition) is 4. The summed E-state index contributed by atoms with van der Waals surface area (Å²) < 4.78 is 13.6. The molecular formula is C27H32N4O3. The molecule has 178 valence electrons. The second-order valence-corrected chi connectivity index (χ2v) is 8.84. The first-order chi connectivity index (χ1) is 16.5. The highest BCUT2D eigenvalue weighted by atomic mass is 16.5. The number of anilines is 1. The van der Waals surface area contributed by atoms with E-state index in [4.69, 9.17) is 9.47 Å². The van der Waals surface area contributed by atoms with E-state index in [0.717, 1.165) is 40.8 Å². The maximum atomic E-state index is 12.0. The fraction of sp³-hybridized carbons (Fsp3) is 0.407. The number of nitrogens with zero attached hydrogens (tertiary/aromatic N) is 2. The van der Waals surface area contributed by atoms with Crippen LogP contribution in [0.3, 0.4) is 0 Å². The van der Waals surface area contributed by atoms with Crippen molar-refractivity contribution < 1.29 is 14.3 Å². The zero-order chi connectivity index (χ0) is 24.1. The SMILES string of the molecule is CCOCCOc1ccc2c(C#N)c(-c3ccc(NC(=O)NC(C)C)cc3)n(C3CCC3)c2c1. The molecule has 34 heavy (non-hydrogen) atoms. The van der Waals surface area contributed by atoms with E-state index in [-0.39, 0.29) is 12.1 Å². The smallest absolute Gasteiger partial charge is 0.319 e. The van der Waals surface area contributed by atoms with Gasteiger partial charge in [-0.1, -0.05) is 12.1 Å². The largest absolute Gasteiger partial charge is 0.491 e. The van der Waals surface area contributed by atoms with E-state index in [1.54, 1.807) is 0 Å². The van der Waals surface area contributed by atoms with Gasteiger partial charge in [0.15, 0.2) is 0 Å². The first kappa shape index (κ1) is 23.7. The lowest BCUT2D eigenvalue weighted by Gasteiger charge is -2.30. The molecule has 0 unspecified atom stereocenters. The molecule has 2 aromatic carbocycles. The van der Waals surface area contributed by atoms with E-state index >= 15 is 0 Å². The number of urea groups is 1. The maximum Gasteiger partial charge on any atom is 0.319 e. The van der Waals surface area contributed by atoms with Gasteiger partial charge in [-0.05, 0) is 69.9 Å². The number of amides is 2. The third kappa shape index (κ3) is 5.02. The van der Waals surface area contributed by atoms with Gasteiger partial charge in [-0.15, -0.1) is 0 Å². The van der Waals surface area contributed by atoms with Crippen LogP contribution in [0.25, 0.3) is 22.2 Å². The van der Waals surface area contributed by atoms with Crippen molar-refractivity contribution in [2.75, 3.05) is 25.1 Å². The van der Waals surface area contributed by atoms with Crippen molar-refractivity contribution in [1.82, 2.24) is 9.88 Å². The molecule has 7 nitrogen and oxygen atoms in total. The minimum Gasteiger partial charge on any atom is -0.491 e. The molecule has 0 atom stereocenters. The third-order valence-corrected chi connectivity index (χ3v) is 6.06. The van der Waals surface area contributed by atoms with Gasteiger partial charge < -0.3 is 24.7 Å². The van der Waals surface area contributed by atoms with Gasteiger partial charge in [0.05, 0.1) is 23.4 Å². The van der Waals surface area contributed by atoms with Gasteiger partial charge in [0.1, 0.15) is 18.4 Å². The number of carbonyl (C=O) groups is 1. The van der Waals surface area contributed by atoms with E-state index in [2.05, 4.69) is 21.3 Å². The van der Waals surface area contributed by atoms with Crippen LogP contribution >= 0.6 is 0 Å². The Morgan fingerprint density at radius 3 is 2.56 bits per heavy atom. The van der Waals surface area contributed by atoms with E-state index in [0.29, 0.717) is 37.1 Å². The molecule has 2 N–H and O–H groups in total. The lowest BCUT2D eigenvalue weighted by atomic mass is 9.92. The van der Waals surface area contributed by atoms with Gasteiger partial charge in [-0.25, -0.2) is 4.79 Å². The number of hydrogen-bond donors (Lipinski definition) is 2. The summed E-state index contributed by atoms with van der Waals surface area (Å²) in [5.41, 5.74) is 4.27. The van der Waals surface area contributed by atoms with Gasteiger partial charge in [-0.2, -0.15) is 5.26 Å². The van der Waals surface area contributed by atoms with Crippen LogP contribution < -0.4 is 15.4 Å².